The number of aromatic nitrogens is 2. The summed E-state index contributed by atoms with van der Waals surface area (Å²) < 4.78 is 0. The van der Waals surface area contributed by atoms with Crippen LogP contribution in [0.3, 0.4) is 0 Å². The highest BCUT2D eigenvalue weighted by Crippen LogP contribution is 2.30. The van der Waals surface area contributed by atoms with Gasteiger partial charge in [-0.2, -0.15) is 0 Å². The lowest BCUT2D eigenvalue weighted by molar-refractivity contribution is 1.21. The van der Waals surface area contributed by atoms with E-state index >= 15 is 0 Å². The molecule has 0 amide bonds. The van der Waals surface area contributed by atoms with Gasteiger partial charge >= 0.3 is 0 Å². The Morgan fingerprint density at radius 2 is 1.00 bits per heavy atom. The highest BCUT2D eigenvalue weighted by atomic mass is 14.8. The van der Waals surface area contributed by atoms with Crippen molar-refractivity contribution in [3.63, 3.8) is 0 Å². The molecule has 0 atom stereocenters. The molecule has 0 radical (unpaired) electrons. The average molecular weight is 339 g/mol. The second kappa shape index (κ2) is 7.44. The fourth-order valence-electron chi connectivity index (χ4n) is 2.75. The third-order valence-corrected chi connectivity index (χ3v) is 3.94. The predicted molar refractivity (Wildman–Crippen MR) is 107 cm³/mol. The SMILES string of the molecule is C=Cc1cc(C=N)cc(-c2nccnc2-c2cc(C=N)cc(C=N)c2)c1. The van der Waals surface area contributed by atoms with Crippen molar-refractivity contribution in [3.05, 3.63) is 77.6 Å². The van der Waals surface area contributed by atoms with Gasteiger partial charge in [0, 0.05) is 42.2 Å². The lowest BCUT2D eigenvalue weighted by atomic mass is 9.98. The Labute approximate surface area is 151 Å². The number of rotatable bonds is 6. The Morgan fingerprint density at radius 3 is 1.38 bits per heavy atom. The lowest BCUT2D eigenvalue weighted by Gasteiger charge is -2.11. The molecule has 0 aliphatic heterocycles. The molecule has 3 N–H and O–H groups in total. The van der Waals surface area contributed by atoms with Gasteiger partial charge in [-0.3, -0.25) is 9.97 Å². The van der Waals surface area contributed by atoms with Crippen LogP contribution in [0.25, 0.3) is 28.6 Å². The molecule has 5 nitrogen and oxygen atoms in total. The smallest absolute Gasteiger partial charge is 0.0965 e. The van der Waals surface area contributed by atoms with Crippen molar-refractivity contribution in [2.75, 3.05) is 0 Å². The molecule has 3 rings (SSSR count). The predicted octanol–water partition coefficient (Wildman–Crippen LogP) is 4.45. The van der Waals surface area contributed by atoms with Crippen LogP contribution in [0.4, 0.5) is 0 Å². The first-order chi connectivity index (χ1) is 12.7. The van der Waals surface area contributed by atoms with Crippen molar-refractivity contribution >= 4 is 24.7 Å². The number of hydrogen-bond acceptors (Lipinski definition) is 5. The topological polar surface area (TPSA) is 97.3 Å². The van der Waals surface area contributed by atoms with E-state index in [1.165, 1.54) is 18.6 Å². The monoisotopic (exact) mass is 339 g/mol. The Morgan fingerprint density at radius 1 is 0.615 bits per heavy atom. The van der Waals surface area contributed by atoms with Gasteiger partial charge < -0.3 is 16.2 Å². The molecule has 0 spiro atoms. The molecule has 1 heterocycles. The number of nitrogens with zero attached hydrogens (tertiary/aromatic N) is 2. The first-order valence-corrected chi connectivity index (χ1v) is 7.94. The Bertz CT molecular complexity index is 886. The molecule has 1 aromatic heterocycles. The van der Waals surface area contributed by atoms with Gasteiger partial charge in [-0.1, -0.05) is 12.7 Å². The zero-order valence-electron chi connectivity index (χ0n) is 14.0. The van der Waals surface area contributed by atoms with E-state index in [-0.39, 0.29) is 0 Å². The van der Waals surface area contributed by atoms with Crippen LogP contribution in [-0.4, -0.2) is 28.6 Å². The summed E-state index contributed by atoms with van der Waals surface area (Å²) in [6, 6.07) is 11.2. The van der Waals surface area contributed by atoms with Crippen molar-refractivity contribution in [1.82, 2.24) is 9.97 Å². The maximum absolute atomic E-state index is 7.55. The highest BCUT2D eigenvalue weighted by molar-refractivity contribution is 5.90. The van der Waals surface area contributed by atoms with Crippen LogP contribution in [0.2, 0.25) is 0 Å². The largest absolute Gasteiger partial charge is 0.308 e. The molecule has 0 bridgehead atoms. The fourth-order valence-corrected chi connectivity index (χ4v) is 2.75. The summed E-state index contributed by atoms with van der Waals surface area (Å²) in [5.74, 6) is 0. The third kappa shape index (κ3) is 3.37. The molecule has 0 aliphatic carbocycles. The molecule has 26 heavy (non-hydrogen) atoms. The summed E-state index contributed by atoms with van der Waals surface area (Å²) in [5.41, 5.74) is 5.99. The van der Waals surface area contributed by atoms with Crippen LogP contribution in [0.5, 0.6) is 0 Å². The molecule has 0 saturated carbocycles. The van der Waals surface area contributed by atoms with E-state index < -0.39 is 0 Å². The molecule has 3 aromatic rings. The van der Waals surface area contributed by atoms with Crippen LogP contribution in [0, 0.1) is 16.2 Å². The maximum Gasteiger partial charge on any atom is 0.0965 e. The molecule has 126 valence electrons. The summed E-state index contributed by atoms with van der Waals surface area (Å²) >= 11 is 0. The van der Waals surface area contributed by atoms with Gasteiger partial charge in [0.05, 0.1) is 11.4 Å². The van der Waals surface area contributed by atoms with E-state index in [4.69, 9.17) is 16.2 Å². The fraction of sp³-hybridized carbons (Fsp3) is 0. The van der Waals surface area contributed by atoms with Crippen LogP contribution >= 0.6 is 0 Å². The molecule has 0 aliphatic rings. The summed E-state index contributed by atoms with van der Waals surface area (Å²) in [6.45, 7) is 3.81. The molecular weight excluding hydrogens is 322 g/mol. The minimum atomic E-state index is 0.663. The highest BCUT2D eigenvalue weighted by Gasteiger charge is 2.13. The Kier molecular flexibility index (Phi) is 4.90. The van der Waals surface area contributed by atoms with Crippen LogP contribution < -0.4 is 0 Å². The molecule has 0 unspecified atom stereocenters. The van der Waals surface area contributed by atoms with Crippen LogP contribution in [-0.2, 0) is 0 Å². The number of hydrogen-bond donors (Lipinski definition) is 3. The summed E-state index contributed by atoms with van der Waals surface area (Å²) in [4.78, 5) is 8.99. The van der Waals surface area contributed by atoms with E-state index in [0.29, 0.717) is 22.5 Å². The molecule has 0 saturated heterocycles. The van der Waals surface area contributed by atoms with Crippen LogP contribution in [0.15, 0.2) is 55.4 Å². The normalized spacial score (nSPS) is 10.2. The molecule has 5 heteroatoms. The van der Waals surface area contributed by atoms with E-state index in [9.17, 15) is 0 Å². The average Bonchev–Trinajstić information content (AvgIpc) is 2.72. The lowest BCUT2D eigenvalue weighted by Crippen LogP contribution is -1.96. The van der Waals surface area contributed by atoms with Crippen LogP contribution in [0.1, 0.15) is 22.3 Å². The zero-order chi connectivity index (χ0) is 18.5. The van der Waals surface area contributed by atoms with Gasteiger partial charge in [-0.05, 0) is 58.7 Å². The van der Waals surface area contributed by atoms with Crippen molar-refractivity contribution in [1.29, 1.82) is 16.2 Å². The second-order valence-electron chi connectivity index (χ2n) is 5.67. The van der Waals surface area contributed by atoms with E-state index in [0.717, 1.165) is 22.3 Å². The number of nitrogens with one attached hydrogen (secondary N) is 3. The third-order valence-electron chi connectivity index (χ3n) is 3.94. The first-order valence-electron chi connectivity index (χ1n) is 7.94. The Balaban J connectivity index is 2.25. The zero-order valence-corrected chi connectivity index (χ0v) is 14.0. The first kappa shape index (κ1) is 17.1. The van der Waals surface area contributed by atoms with E-state index in [2.05, 4.69) is 16.5 Å². The summed E-state index contributed by atoms with van der Waals surface area (Å²) in [6.07, 6.45) is 8.76. The molecular formula is C21H17N5. The Hall–Kier alpha value is -3.73. The molecule has 0 fully saturated rings. The van der Waals surface area contributed by atoms with Gasteiger partial charge in [0.2, 0.25) is 0 Å². The van der Waals surface area contributed by atoms with Crippen molar-refractivity contribution < 1.29 is 0 Å². The van der Waals surface area contributed by atoms with Gasteiger partial charge in [0.1, 0.15) is 0 Å². The minimum Gasteiger partial charge on any atom is -0.308 e. The molecule has 2 aromatic carbocycles. The summed E-state index contributed by atoms with van der Waals surface area (Å²) in [7, 11) is 0. The van der Waals surface area contributed by atoms with Gasteiger partial charge in [0.15, 0.2) is 0 Å². The van der Waals surface area contributed by atoms with Crippen molar-refractivity contribution in [3.8, 4) is 22.5 Å². The van der Waals surface area contributed by atoms with E-state index in [1.54, 1.807) is 24.5 Å². The standard InChI is InChI=1S/C21H17N5/c1-2-14-5-15(11-22)8-18(7-14)20-21(26-4-3-25-20)19-9-16(12-23)6-17(10-19)13-24/h2-13,22-24H,1H2. The van der Waals surface area contributed by atoms with Crippen molar-refractivity contribution in [2.24, 2.45) is 0 Å². The quantitative estimate of drug-likeness (QED) is 0.578. The maximum atomic E-state index is 7.55. The van der Waals surface area contributed by atoms with Crippen molar-refractivity contribution in [2.45, 2.75) is 0 Å². The van der Waals surface area contributed by atoms with Gasteiger partial charge in [0.25, 0.3) is 0 Å². The van der Waals surface area contributed by atoms with Gasteiger partial charge in [-0.15, -0.1) is 0 Å². The minimum absolute atomic E-state index is 0.663. The second-order valence-corrected chi connectivity index (χ2v) is 5.67. The summed E-state index contributed by atoms with van der Waals surface area (Å²) in [5, 5.41) is 22.6. The number of benzene rings is 2. The van der Waals surface area contributed by atoms with E-state index in [1.807, 2.05) is 30.3 Å². The van der Waals surface area contributed by atoms with Gasteiger partial charge in [-0.25, -0.2) is 0 Å².